The van der Waals surface area contributed by atoms with Crippen LogP contribution >= 0.6 is 0 Å². The van der Waals surface area contributed by atoms with Gasteiger partial charge >= 0.3 is 0 Å². The van der Waals surface area contributed by atoms with Gasteiger partial charge in [0.2, 0.25) is 5.91 Å². The molecule has 3 aromatic rings. The zero-order chi connectivity index (χ0) is 26.7. The van der Waals surface area contributed by atoms with E-state index in [1.165, 1.54) is 12.1 Å². The van der Waals surface area contributed by atoms with E-state index < -0.39 is 0 Å². The van der Waals surface area contributed by atoms with Crippen LogP contribution in [0.5, 0.6) is 0 Å². The number of hydrogen-bond acceptors (Lipinski definition) is 4. The number of amides is 2. The lowest BCUT2D eigenvalue weighted by atomic mass is 9.99. The predicted octanol–water partition coefficient (Wildman–Crippen LogP) is 4.23. The Morgan fingerprint density at radius 1 is 1.11 bits per heavy atom. The van der Waals surface area contributed by atoms with Gasteiger partial charge in [0.1, 0.15) is 5.82 Å². The summed E-state index contributed by atoms with van der Waals surface area (Å²) in [6.45, 7) is 7.71. The number of halogens is 1. The number of likely N-dealkylation sites (tertiary alicyclic amines) is 1. The minimum absolute atomic E-state index is 0.0270. The van der Waals surface area contributed by atoms with Gasteiger partial charge in [0.15, 0.2) is 0 Å². The van der Waals surface area contributed by atoms with Crippen molar-refractivity contribution < 1.29 is 14.0 Å². The highest BCUT2D eigenvalue weighted by molar-refractivity contribution is 5.96. The van der Waals surface area contributed by atoms with Crippen LogP contribution in [0, 0.1) is 25.6 Å². The van der Waals surface area contributed by atoms with Crippen molar-refractivity contribution >= 4 is 11.8 Å². The number of nitrogens with zero attached hydrogens (tertiary/aromatic N) is 2. The molecule has 2 atom stereocenters. The maximum Gasteiger partial charge on any atom is 0.267 e. The van der Waals surface area contributed by atoms with Gasteiger partial charge in [-0.2, -0.15) is 5.10 Å². The molecule has 1 saturated heterocycles. The van der Waals surface area contributed by atoms with Gasteiger partial charge in [0.25, 0.3) is 11.5 Å². The fraction of sp³-hybridized carbons (Fsp3) is 0.379. The summed E-state index contributed by atoms with van der Waals surface area (Å²) in [5.74, 6) is -0.610. The fourth-order valence-electron chi connectivity index (χ4n) is 5.17. The predicted molar refractivity (Wildman–Crippen MR) is 140 cm³/mol. The average molecular weight is 505 g/mol. The lowest BCUT2D eigenvalue weighted by Gasteiger charge is -2.33. The van der Waals surface area contributed by atoms with Gasteiger partial charge in [-0.1, -0.05) is 32.0 Å². The van der Waals surface area contributed by atoms with Crippen molar-refractivity contribution in [3.05, 3.63) is 98.2 Å². The van der Waals surface area contributed by atoms with Crippen LogP contribution in [-0.4, -0.2) is 39.5 Å². The number of aryl methyl sites for hydroxylation is 2. The Bertz CT molecular complexity index is 1370. The van der Waals surface area contributed by atoms with Crippen LogP contribution in [-0.2, 0) is 11.2 Å². The molecule has 2 heterocycles. The molecular formula is C29H33FN4O3. The van der Waals surface area contributed by atoms with Crippen LogP contribution in [0.1, 0.15) is 71.0 Å². The van der Waals surface area contributed by atoms with Crippen molar-refractivity contribution in [2.24, 2.45) is 5.92 Å². The molecule has 194 valence electrons. The highest BCUT2D eigenvalue weighted by atomic mass is 19.1. The smallest absolute Gasteiger partial charge is 0.267 e. The molecule has 1 aliphatic heterocycles. The van der Waals surface area contributed by atoms with E-state index in [4.69, 9.17) is 0 Å². The van der Waals surface area contributed by atoms with Crippen LogP contribution in [0.2, 0.25) is 0 Å². The third-order valence-electron chi connectivity index (χ3n) is 7.11. The quantitative estimate of drug-likeness (QED) is 0.503. The molecule has 2 N–H and O–H groups in total. The zero-order valence-electron chi connectivity index (χ0n) is 21.7. The number of nitrogens with one attached hydrogen (secondary N) is 2. The topological polar surface area (TPSA) is 95.2 Å². The molecule has 1 aromatic heterocycles. The number of aromatic amines is 1. The van der Waals surface area contributed by atoms with Gasteiger partial charge in [-0.15, -0.1) is 0 Å². The van der Waals surface area contributed by atoms with Crippen molar-refractivity contribution in [2.75, 3.05) is 6.54 Å². The number of hydrogen-bond donors (Lipinski definition) is 2. The molecule has 0 aliphatic carbocycles. The number of rotatable bonds is 7. The highest BCUT2D eigenvalue weighted by Crippen LogP contribution is 2.39. The number of benzene rings is 2. The summed E-state index contributed by atoms with van der Waals surface area (Å²) in [5, 5.41) is 9.16. The molecule has 2 amide bonds. The Morgan fingerprint density at radius 2 is 1.89 bits per heavy atom. The Balaban J connectivity index is 1.45. The Hall–Kier alpha value is -3.81. The first-order valence-corrected chi connectivity index (χ1v) is 12.6. The van der Waals surface area contributed by atoms with E-state index in [0.29, 0.717) is 17.5 Å². The second kappa shape index (κ2) is 11.1. The van der Waals surface area contributed by atoms with Crippen LogP contribution in [0.3, 0.4) is 0 Å². The standard InChI is InChI=1S/C29H33FN4O3/c1-17(2)25-10-11-26(21-6-5-7-24(30)15-21)34(25)27(35)16-31-28(36)22-9-8-20(18(3)12-22)14-23-13-19(4)32-33-29(23)37/h5-9,12-13,15,17,25-26H,10-11,14,16H2,1-4H3,(H,31,36)(H,33,37)/t25-,26-/m0/s1. The van der Waals surface area contributed by atoms with Crippen molar-refractivity contribution in [3.63, 3.8) is 0 Å². The zero-order valence-corrected chi connectivity index (χ0v) is 21.7. The van der Waals surface area contributed by atoms with E-state index in [0.717, 1.165) is 35.2 Å². The van der Waals surface area contributed by atoms with Crippen molar-refractivity contribution in [1.82, 2.24) is 20.4 Å². The van der Waals surface area contributed by atoms with Crippen LogP contribution in [0.15, 0.2) is 53.3 Å². The van der Waals surface area contributed by atoms with Gasteiger partial charge in [0.05, 0.1) is 18.3 Å². The van der Waals surface area contributed by atoms with Crippen LogP contribution in [0.25, 0.3) is 0 Å². The highest BCUT2D eigenvalue weighted by Gasteiger charge is 2.39. The minimum atomic E-state index is -0.344. The average Bonchev–Trinajstić information content (AvgIpc) is 3.31. The number of aromatic nitrogens is 2. The van der Waals surface area contributed by atoms with Crippen molar-refractivity contribution in [3.8, 4) is 0 Å². The molecule has 37 heavy (non-hydrogen) atoms. The van der Waals surface area contributed by atoms with E-state index in [2.05, 4.69) is 29.4 Å². The molecule has 4 rings (SSSR count). The fourth-order valence-corrected chi connectivity index (χ4v) is 5.17. The molecule has 0 saturated carbocycles. The summed E-state index contributed by atoms with van der Waals surface area (Å²) in [6, 6.07) is 13.3. The molecule has 1 aliphatic rings. The van der Waals surface area contributed by atoms with E-state index >= 15 is 0 Å². The maximum atomic E-state index is 13.9. The summed E-state index contributed by atoms with van der Waals surface area (Å²) in [6.07, 6.45) is 2.02. The maximum absolute atomic E-state index is 13.9. The number of carbonyl (C=O) groups excluding carboxylic acids is 2. The summed E-state index contributed by atoms with van der Waals surface area (Å²) in [4.78, 5) is 40.1. The molecule has 7 nitrogen and oxygen atoms in total. The monoisotopic (exact) mass is 504 g/mol. The molecule has 0 radical (unpaired) electrons. The molecule has 0 bridgehead atoms. The molecule has 0 unspecified atom stereocenters. The minimum Gasteiger partial charge on any atom is -0.343 e. The van der Waals surface area contributed by atoms with Crippen LogP contribution < -0.4 is 10.9 Å². The van der Waals surface area contributed by atoms with Gasteiger partial charge in [0, 0.05) is 23.6 Å². The Labute approximate surface area is 216 Å². The van der Waals surface area contributed by atoms with E-state index in [1.807, 2.05) is 30.9 Å². The SMILES string of the molecule is Cc1cc(Cc2ccc(C(=O)NCC(=O)N3[C@H](c4cccc(F)c4)CC[C@H]3C(C)C)cc2C)c(=O)[nH]n1. The largest absolute Gasteiger partial charge is 0.343 e. The van der Waals surface area contributed by atoms with Gasteiger partial charge in [-0.05, 0) is 79.6 Å². The van der Waals surface area contributed by atoms with Gasteiger partial charge < -0.3 is 10.2 Å². The summed E-state index contributed by atoms with van der Waals surface area (Å²) < 4.78 is 13.9. The molecule has 8 heteroatoms. The third kappa shape index (κ3) is 5.96. The summed E-state index contributed by atoms with van der Waals surface area (Å²) in [7, 11) is 0. The molecular weight excluding hydrogens is 471 g/mol. The van der Waals surface area contributed by atoms with E-state index in [1.54, 1.807) is 24.3 Å². The summed E-state index contributed by atoms with van der Waals surface area (Å²) >= 11 is 0. The molecule has 2 aromatic carbocycles. The van der Waals surface area contributed by atoms with E-state index in [-0.39, 0.29) is 47.7 Å². The Morgan fingerprint density at radius 3 is 2.59 bits per heavy atom. The van der Waals surface area contributed by atoms with Gasteiger partial charge in [-0.25, -0.2) is 9.49 Å². The van der Waals surface area contributed by atoms with Crippen LogP contribution in [0.4, 0.5) is 4.39 Å². The summed E-state index contributed by atoms with van der Waals surface area (Å²) in [5.41, 5.74) is 4.12. The first-order chi connectivity index (χ1) is 17.6. The number of carbonyl (C=O) groups is 2. The second-order valence-corrected chi connectivity index (χ2v) is 10.1. The Kier molecular flexibility index (Phi) is 7.86. The lowest BCUT2D eigenvalue weighted by molar-refractivity contribution is -0.134. The third-order valence-corrected chi connectivity index (χ3v) is 7.11. The first-order valence-electron chi connectivity index (χ1n) is 12.6. The van der Waals surface area contributed by atoms with Gasteiger partial charge in [-0.3, -0.25) is 14.4 Å². The molecule has 0 spiro atoms. The van der Waals surface area contributed by atoms with Crippen molar-refractivity contribution in [1.29, 1.82) is 0 Å². The van der Waals surface area contributed by atoms with E-state index in [9.17, 15) is 18.8 Å². The normalized spacial score (nSPS) is 17.3. The number of H-pyrrole nitrogens is 1. The molecule has 1 fully saturated rings. The van der Waals surface area contributed by atoms with Crippen molar-refractivity contribution in [2.45, 2.75) is 59.0 Å². The second-order valence-electron chi connectivity index (χ2n) is 10.1. The first kappa shape index (κ1) is 26.3. The lowest BCUT2D eigenvalue weighted by Crippen LogP contribution is -2.45.